The number of thiophene rings is 1. The normalized spacial score (nSPS) is 18.8. The van der Waals surface area contributed by atoms with Crippen molar-refractivity contribution in [3.63, 3.8) is 0 Å². The Hall–Kier alpha value is -1.49. The molecule has 4 rings (SSSR count). The van der Waals surface area contributed by atoms with Gasteiger partial charge in [-0.2, -0.15) is 0 Å². The predicted octanol–water partition coefficient (Wildman–Crippen LogP) is 3.15. The summed E-state index contributed by atoms with van der Waals surface area (Å²) < 4.78 is 0. The van der Waals surface area contributed by atoms with Crippen molar-refractivity contribution in [3.05, 3.63) is 51.2 Å². The lowest BCUT2D eigenvalue weighted by Gasteiger charge is -2.32. The first kappa shape index (κ1) is 14.1. The van der Waals surface area contributed by atoms with Crippen LogP contribution in [0.3, 0.4) is 0 Å². The summed E-state index contributed by atoms with van der Waals surface area (Å²) in [5.41, 5.74) is 5.27. The summed E-state index contributed by atoms with van der Waals surface area (Å²) in [5, 5.41) is 2.16. The summed E-state index contributed by atoms with van der Waals surface area (Å²) in [4.78, 5) is 11.0. The minimum Gasteiger partial charge on any atom is -0.304 e. The lowest BCUT2D eigenvalue weighted by atomic mass is 10.0. The van der Waals surface area contributed by atoms with E-state index in [1.165, 1.54) is 34.7 Å². The van der Waals surface area contributed by atoms with Crippen molar-refractivity contribution >= 4 is 23.2 Å². The molecule has 2 aromatic rings. The lowest BCUT2D eigenvalue weighted by Crippen LogP contribution is -2.43. The van der Waals surface area contributed by atoms with Gasteiger partial charge in [-0.25, -0.2) is 0 Å². The zero-order chi connectivity index (χ0) is 14.9. The molecule has 22 heavy (non-hydrogen) atoms. The molecule has 0 saturated carbocycles. The van der Waals surface area contributed by atoms with Gasteiger partial charge in [-0.15, -0.1) is 11.3 Å². The molecule has 0 aliphatic carbocycles. The Morgan fingerprint density at radius 1 is 1.09 bits per heavy atom. The summed E-state index contributed by atoms with van der Waals surface area (Å²) in [7, 11) is 2.20. The summed E-state index contributed by atoms with van der Waals surface area (Å²) in [6.07, 6.45) is 3.04. The van der Waals surface area contributed by atoms with E-state index in [0.717, 1.165) is 31.7 Å². The Balaban J connectivity index is 1.53. The first-order valence-electron chi connectivity index (χ1n) is 7.91. The number of nitrogens with zero attached hydrogens (tertiary/aromatic N) is 3. The van der Waals surface area contributed by atoms with Gasteiger partial charge in [0.05, 0.1) is 5.69 Å². The number of likely N-dealkylation sites (N-methyl/N-ethyl adjacent to an activating group) is 1. The van der Waals surface area contributed by atoms with E-state index in [9.17, 15) is 0 Å². The van der Waals surface area contributed by atoms with Crippen LogP contribution in [-0.2, 0) is 13.0 Å². The maximum Gasteiger partial charge on any atom is 0.0668 e. The van der Waals surface area contributed by atoms with E-state index in [4.69, 9.17) is 4.99 Å². The Bertz CT molecular complexity index is 696. The molecular weight excluding hydrogens is 290 g/mol. The highest BCUT2D eigenvalue weighted by Gasteiger charge is 2.16. The molecule has 3 heterocycles. The molecule has 0 amide bonds. The highest BCUT2D eigenvalue weighted by molar-refractivity contribution is 7.11. The third kappa shape index (κ3) is 2.86. The maximum atomic E-state index is 4.72. The molecule has 4 heteroatoms. The third-order valence-corrected chi connectivity index (χ3v) is 5.53. The first-order valence-corrected chi connectivity index (χ1v) is 8.79. The van der Waals surface area contributed by atoms with Gasteiger partial charge < -0.3 is 4.90 Å². The summed E-state index contributed by atoms with van der Waals surface area (Å²) in [5.74, 6) is 0. The quantitative estimate of drug-likeness (QED) is 0.724. The number of piperazine rings is 1. The third-order valence-electron chi connectivity index (χ3n) is 4.63. The van der Waals surface area contributed by atoms with E-state index in [-0.39, 0.29) is 0 Å². The summed E-state index contributed by atoms with van der Waals surface area (Å²) in [6, 6.07) is 9.05. The van der Waals surface area contributed by atoms with Crippen LogP contribution in [0.15, 0.2) is 34.6 Å². The number of hydrogen-bond donors (Lipinski definition) is 0. The smallest absolute Gasteiger partial charge is 0.0668 e. The molecule has 1 aromatic heterocycles. The van der Waals surface area contributed by atoms with E-state index in [1.54, 1.807) is 11.3 Å². The van der Waals surface area contributed by atoms with E-state index >= 15 is 0 Å². The van der Waals surface area contributed by atoms with Gasteiger partial charge in [0.2, 0.25) is 0 Å². The minimum absolute atomic E-state index is 1.00. The summed E-state index contributed by atoms with van der Waals surface area (Å²) in [6.45, 7) is 5.70. The fourth-order valence-corrected chi connectivity index (χ4v) is 3.97. The fraction of sp³-hybridized carbons (Fsp3) is 0.389. The number of hydrogen-bond acceptors (Lipinski definition) is 4. The summed E-state index contributed by atoms with van der Waals surface area (Å²) >= 11 is 1.78. The van der Waals surface area contributed by atoms with Gasteiger partial charge in [-0.05, 0) is 41.3 Å². The van der Waals surface area contributed by atoms with Crippen molar-refractivity contribution in [1.29, 1.82) is 0 Å². The minimum atomic E-state index is 1.00. The van der Waals surface area contributed by atoms with E-state index < -0.39 is 0 Å². The van der Waals surface area contributed by atoms with Gasteiger partial charge in [-0.3, -0.25) is 9.89 Å². The molecule has 0 atom stereocenters. The topological polar surface area (TPSA) is 18.8 Å². The van der Waals surface area contributed by atoms with Crippen LogP contribution in [0.5, 0.6) is 0 Å². The second-order valence-corrected chi connectivity index (χ2v) is 7.24. The van der Waals surface area contributed by atoms with Crippen molar-refractivity contribution in [2.75, 3.05) is 33.2 Å². The zero-order valence-corrected chi connectivity index (χ0v) is 13.8. The Labute approximate surface area is 135 Å². The van der Waals surface area contributed by atoms with Gasteiger partial charge in [0.25, 0.3) is 0 Å². The van der Waals surface area contributed by atoms with Gasteiger partial charge in [0.1, 0.15) is 0 Å². The lowest BCUT2D eigenvalue weighted by molar-refractivity contribution is 0.148. The average Bonchev–Trinajstić information content (AvgIpc) is 2.90. The Kier molecular flexibility index (Phi) is 3.82. The van der Waals surface area contributed by atoms with Gasteiger partial charge >= 0.3 is 0 Å². The number of fused-ring (bicyclic) bond motifs is 2. The molecule has 0 N–H and O–H groups in total. The fourth-order valence-electron chi connectivity index (χ4n) is 3.18. The molecule has 1 aromatic carbocycles. The molecule has 114 valence electrons. The molecule has 1 fully saturated rings. The van der Waals surface area contributed by atoms with Crippen LogP contribution >= 0.6 is 11.3 Å². The van der Waals surface area contributed by atoms with E-state index in [0.29, 0.717) is 0 Å². The molecule has 0 radical (unpaired) electrons. The monoisotopic (exact) mass is 311 g/mol. The number of aliphatic imine (C=N–C) groups is 1. The van der Waals surface area contributed by atoms with Crippen LogP contribution in [0.4, 0.5) is 5.69 Å². The van der Waals surface area contributed by atoms with Gasteiger partial charge in [0, 0.05) is 50.2 Å². The molecule has 0 spiro atoms. The largest absolute Gasteiger partial charge is 0.304 e. The van der Waals surface area contributed by atoms with Gasteiger partial charge in [0.15, 0.2) is 0 Å². The van der Waals surface area contributed by atoms with Crippen LogP contribution in [0.1, 0.15) is 21.6 Å². The van der Waals surface area contributed by atoms with E-state index in [2.05, 4.69) is 46.5 Å². The molecule has 1 saturated heterocycles. The molecule has 2 aliphatic rings. The predicted molar refractivity (Wildman–Crippen MR) is 93.6 cm³/mol. The van der Waals surface area contributed by atoms with Crippen molar-refractivity contribution in [2.45, 2.75) is 13.0 Å². The van der Waals surface area contributed by atoms with Crippen LogP contribution in [-0.4, -0.2) is 49.2 Å². The highest BCUT2D eigenvalue weighted by atomic mass is 32.1. The van der Waals surface area contributed by atoms with Crippen molar-refractivity contribution in [3.8, 4) is 0 Å². The SMILES string of the molecule is CN1CCN(Cc2ccc3c(c2)N=Cc2sccc2C3)CC1. The van der Waals surface area contributed by atoms with Crippen LogP contribution < -0.4 is 0 Å². The van der Waals surface area contributed by atoms with Gasteiger partial charge in [-0.1, -0.05) is 12.1 Å². The molecule has 0 unspecified atom stereocenters. The van der Waals surface area contributed by atoms with Crippen LogP contribution in [0, 0.1) is 0 Å². The van der Waals surface area contributed by atoms with Crippen molar-refractivity contribution in [1.82, 2.24) is 9.80 Å². The first-order chi connectivity index (χ1) is 10.8. The molecule has 3 nitrogen and oxygen atoms in total. The Morgan fingerprint density at radius 2 is 1.95 bits per heavy atom. The number of rotatable bonds is 2. The van der Waals surface area contributed by atoms with E-state index in [1.807, 2.05) is 6.21 Å². The molecule has 2 aliphatic heterocycles. The number of benzene rings is 1. The van der Waals surface area contributed by atoms with Crippen molar-refractivity contribution < 1.29 is 0 Å². The van der Waals surface area contributed by atoms with Crippen LogP contribution in [0.25, 0.3) is 0 Å². The zero-order valence-electron chi connectivity index (χ0n) is 13.0. The van der Waals surface area contributed by atoms with Crippen molar-refractivity contribution in [2.24, 2.45) is 4.99 Å². The van der Waals surface area contributed by atoms with Crippen LogP contribution in [0.2, 0.25) is 0 Å². The molecule has 0 bridgehead atoms. The highest BCUT2D eigenvalue weighted by Crippen LogP contribution is 2.30. The second-order valence-electron chi connectivity index (χ2n) is 6.29. The maximum absolute atomic E-state index is 4.72. The average molecular weight is 311 g/mol. The molecular formula is C18H21N3S. The Morgan fingerprint density at radius 3 is 2.82 bits per heavy atom. The second kappa shape index (κ2) is 5.95. The standard InChI is InChI=1S/C18H21N3S/c1-20-5-7-21(8-6-20)13-14-2-3-15-11-16-4-9-22-18(16)12-19-17(15)10-14/h2-4,9-10,12H,5-8,11,13H2,1H3.